The summed E-state index contributed by atoms with van der Waals surface area (Å²) in [4.78, 5) is 0. The van der Waals surface area contributed by atoms with Gasteiger partial charge in [0.2, 0.25) is 0 Å². The fraction of sp³-hybridized carbons (Fsp3) is 0.250. The largest absolute Gasteiger partial charge is 0.381 e. The molecule has 1 fully saturated rings. The van der Waals surface area contributed by atoms with Crippen molar-refractivity contribution in [1.82, 2.24) is 0 Å². The Morgan fingerprint density at radius 2 is 1.75 bits per heavy atom. The van der Waals surface area contributed by atoms with Gasteiger partial charge in [-0.05, 0) is 48.6 Å². The summed E-state index contributed by atoms with van der Waals surface area (Å²) >= 11 is 15.9. The van der Waals surface area contributed by atoms with Crippen LogP contribution in [0.5, 0.6) is 0 Å². The molecule has 2 aromatic carbocycles. The number of nitrogens with one attached hydrogen (secondary N) is 1. The predicted molar refractivity (Wildman–Crippen MR) is 90.0 cm³/mol. The van der Waals surface area contributed by atoms with Crippen LogP contribution in [0.3, 0.4) is 0 Å². The van der Waals surface area contributed by atoms with Gasteiger partial charge >= 0.3 is 0 Å². The maximum Gasteiger partial charge on any atom is 0.0638 e. The molecule has 1 aliphatic rings. The summed E-state index contributed by atoms with van der Waals surface area (Å²) in [6.45, 7) is 0. The molecule has 4 heteroatoms. The average Bonchev–Trinajstić information content (AvgIpc) is 2.38. The lowest BCUT2D eigenvalue weighted by atomic mass is 9.76. The van der Waals surface area contributed by atoms with Crippen LogP contribution in [0.1, 0.15) is 24.3 Å². The topological polar surface area (TPSA) is 12.0 Å². The molecule has 0 spiro atoms. The molecule has 1 saturated carbocycles. The molecular formula is C16H14BrCl2N. The normalized spacial score (nSPS) is 21.4. The highest BCUT2D eigenvalue weighted by Crippen LogP contribution is 2.42. The van der Waals surface area contributed by atoms with Crippen molar-refractivity contribution in [1.29, 1.82) is 0 Å². The predicted octanol–water partition coefficient (Wildman–Crippen LogP) is 6.11. The molecule has 2 aromatic rings. The van der Waals surface area contributed by atoms with Crippen LogP contribution >= 0.6 is 39.1 Å². The number of hydrogen-bond acceptors (Lipinski definition) is 1. The van der Waals surface area contributed by atoms with Gasteiger partial charge in [0.05, 0.1) is 10.7 Å². The van der Waals surface area contributed by atoms with Gasteiger partial charge in [-0.1, -0.05) is 57.3 Å². The molecule has 3 rings (SSSR count). The Kier molecular flexibility index (Phi) is 4.25. The Labute approximate surface area is 137 Å². The molecule has 1 aliphatic carbocycles. The lowest BCUT2D eigenvalue weighted by Gasteiger charge is -2.37. The van der Waals surface area contributed by atoms with E-state index in [2.05, 4.69) is 27.3 Å². The lowest BCUT2D eigenvalue weighted by molar-refractivity contribution is 0.374. The molecule has 0 radical (unpaired) electrons. The zero-order chi connectivity index (χ0) is 14.1. The van der Waals surface area contributed by atoms with E-state index in [9.17, 15) is 0 Å². The van der Waals surface area contributed by atoms with Crippen LogP contribution in [0, 0.1) is 0 Å². The van der Waals surface area contributed by atoms with E-state index in [-0.39, 0.29) is 0 Å². The molecule has 0 saturated heterocycles. The third-order valence-corrected chi connectivity index (χ3v) is 4.94. The van der Waals surface area contributed by atoms with Crippen molar-refractivity contribution in [3.63, 3.8) is 0 Å². The van der Waals surface area contributed by atoms with Crippen molar-refractivity contribution >= 4 is 44.8 Å². The fourth-order valence-corrected chi connectivity index (χ4v) is 3.45. The molecule has 104 valence electrons. The molecular weight excluding hydrogens is 357 g/mol. The Hall–Kier alpha value is -0.700. The standard InChI is InChI=1S/C16H14BrCl2N/c17-11-5-6-15(19)16(9-11)20-12-7-10(8-12)13-3-1-2-4-14(13)18/h1-6,9-10,12,20H,7-8H2. The van der Waals surface area contributed by atoms with Crippen molar-refractivity contribution < 1.29 is 0 Å². The van der Waals surface area contributed by atoms with Gasteiger partial charge in [-0.2, -0.15) is 0 Å². The van der Waals surface area contributed by atoms with Crippen LogP contribution in [0.2, 0.25) is 10.0 Å². The first-order chi connectivity index (χ1) is 9.63. The van der Waals surface area contributed by atoms with E-state index < -0.39 is 0 Å². The van der Waals surface area contributed by atoms with Gasteiger partial charge in [0.1, 0.15) is 0 Å². The van der Waals surface area contributed by atoms with E-state index in [0.717, 1.165) is 33.0 Å². The second kappa shape index (κ2) is 5.97. The SMILES string of the molecule is Clc1ccc(Br)cc1NC1CC(c2ccccc2Cl)C1. The maximum atomic E-state index is 6.24. The summed E-state index contributed by atoms with van der Waals surface area (Å²) in [5.41, 5.74) is 2.25. The number of halogens is 3. The second-order valence-electron chi connectivity index (χ2n) is 5.16. The lowest BCUT2D eigenvalue weighted by Crippen LogP contribution is -2.34. The van der Waals surface area contributed by atoms with Crippen LogP contribution < -0.4 is 5.32 Å². The first-order valence-corrected chi connectivity index (χ1v) is 8.14. The average molecular weight is 371 g/mol. The molecule has 0 unspecified atom stereocenters. The fourth-order valence-electron chi connectivity index (χ4n) is 2.62. The second-order valence-corrected chi connectivity index (χ2v) is 6.89. The summed E-state index contributed by atoms with van der Waals surface area (Å²) in [5.74, 6) is 0.548. The van der Waals surface area contributed by atoms with Gasteiger partial charge in [0, 0.05) is 15.5 Å². The molecule has 1 N–H and O–H groups in total. The van der Waals surface area contributed by atoms with E-state index in [1.165, 1.54) is 5.56 Å². The summed E-state index contributed by atoms with van der Waals surface area (Å²) in [6, 6.07) is 14.4. The number of anilines is 1. The first-order valence-electron chi connectivity index (χ1n) is 6.59. The van der Waals surface area contributed by atoms with Gasteiger partial charge in [0.25, 0.3) is 0 Å². The molecule has 0 amide bonds. The van der Waals surface area contributed by atoms with E-state index in [0.29, 0.717) is 12.0 Å². The monoisotopic (exact) mass is 369 g/mol. The third kappa shape index (κ3) is 2.98. The number of benzene rings is 2. The minimum Gasteiger partial charge on any atom is -0.381 e. The quantitative estimate of drug-likeness (QED) is 0.686. The minimum atomic E-state index is 0.461. The van der Waals surface area contributed by atoms with Crippen LogP contribution in [-0.4, -0.2) is 6.04 Å². The van der Waals surface area contributed by atoms with Gasteiger partial charge in [-0.25, -0.2) is 0 Å². The number of hydrogen-bond donors (Lipinski definition) is 1. The molecule has 0 bridgehead atoms. The van der Waals surface area contributed by atoms with Crippen LogP contribution in [0.15, 0.2) is 46.9 Å². The van der Waals surface area contributed by atoms with E-state index >= 15 is 0 Å². The first kappa shape index (κ1) is 14.2. The Morgan fingerprint density at radius 1 is 1.00 bits per heavy atom. The smallest absolute Gasteiger partial charge is 0.0638 e. The summed E-state index contributed by atoms with van der Waals surface area (Å²) in [5, 5.41) is 5.13. The molecule has 1 nitrogen and oxygen atoms in total. The van der Waals surface area contributed by atoms with E-state index in [4.69, 9.17) is 23.2 Å². The molecule has 0 atom stereocenters. The van der Waals surface area contributed by atoms with Gasteiger partial charge in [-0.15, -0.1) is 0 Å². The Morgan fingerprint density at radius 3 is 2.50 bits per heavy atom. The van der Waals surface area contributed by atoms with Crippen molar-refractivity contribution in [2.45, 2.75) is 24.8 Å². The molecule has 0 aromatic heterocycles. The van der Waals surface area contributed by atoms with E-state index in [1.54, 1.807) is 0 Å². The highest BCUT2D eigenvalue weighted by Gasteiger charge is 2.31. The van der Waals surface area contributed by atoms with Crippen LogP contribution in [0.4, 0.5) is 5.69 Å². The zero-order valence-electron chi connectivity index (χ0n) is 10.7. The van der Waals surface area contributed by atoms with Gasteiger partial charge < -0.3 is 5.32 Å². The van der Waals surface area contributed by atoms with Crippen molar-refractivity contribution in [3.8, 4) is 0 Å². The van der Waals surface area contributed by atoms with Crippen molar-refractivity contribution in [2.75, 3.05) is 5.32 Å². The van der Waals surface area contributed by atoms with Crippen molar-refractivity contribution in [3.05, 3.63) is 62.5 Å². The summed E-state index contributed by atoms with van der Waals surface area (Å²) < 4.78 is 1.03. The molecule has 0 heterocycles. The maximum absolute atomic E-state index is 6.24. The van der Waals surface area contributed by atoms with Gasteiger partial charge in [-0.3, -0.25) is 0 Å². The molecule has 20 heavy (non-hydrogen) atoms. The Balaban J connectivity index is 1.64. The van der Waals surface area contributed by atoms with E-state index in [1.807, 2.05) is 36.4 Å². The van der Waals surface area contributed by atoms with Crippen molar-refractivity contribution in [2.24, 2.45) is 0 Å². The van der Waals surface area contributed by atoms with Crippen LogP contribution in [-0.2, 0) is 0 Å². The van der Waals surface area contributed by atoms with Gasteiger partial charge in [0.15, 0.2) is 0 Å². The summed E-state index contributed by atoms with van der Waals surface area (Å²) in [6.07, 6.45) is 2.18. The summed E-state index contributed by atoms with van der Waals surface area (Å²) in [7, 11) is 0. The highest BCUT2D eigenvalue weighted by atomic mass is 79.9. The Bertz CT molecular complexity index is 624. The third-order valence-electron chi connectivity index (χ3n) is 3.77. The molecule has 0 aliphatic heterocycles. The zero-order valence-corrected chi connectivity index (χ0v) is 13.8. The van der Waals surface area contributed by atoms with Crippen LogP contribution in [0.25, 0.3) is 0 Å². The minimum absolute atomic E-state index is 0.461. The number of rotatable bonds is 3. The highest BCUT2D eigenvalue weighted by molar-refractivity contribution is 9.10.